The number of halogens is 2. The van der Waals surface area contributed by atoms with Crippen LogP contribution in [0, 0.1) is 0 Å². The van der Waals surface area contributed by atoms with Crippen LogP contribution in [0.4, 0.5) is 11.4 Å². The summed E-state index contributed by atoms with van der Waals surface area (Å²) >= 11 is 12.0. The topological polar surface area (TPSA) is 58.2 Å². The molecule has 0 aromatic heterocycles. The van der Waals surface area contributed by atoms with E-state index in [1.165, 1.54) is 0 Å². The summed E-state index contributed by atoms with van der Waals surface area (Å²) in [5.74, 6) is -0.354. The Hall–Kier alpha value is -2.04. The molecule has 0 aliphatic carbocycles. The van der Waals surface area contributed by atoms with Gasteiger partial charge in [-0.05, 0) is 48.9 Å². The first-order valence-corrected chi connectivity index (χ1v) is 7.91. The summed E-state index contributed by atoms with van der Waals surface area (Å²) in [5.41, 5.74) is 1.55. The van der Waals surface area contributed by atoms with Gasteiger partial charge in [0.2, 0.25) is 5.91 Å². The average Bonchev–Trinajstić information content (AvgIpc) is 2.51. The van der Waals surface area contributed by atoms with E-state index in [4.69, 9.17) is 23.2 Å². The molecular weight excluding hydrogens is 335 g/mol. The molecule has 0 bridgehead atoms. The van der Waals surface area contributed by atoms with Gasteiger partial charge in [-0.15, -0.1) is 0 Å². The molecule has 2 N–H and O–H groups in total. The lowest BCUT2D eigenvalue weighted by atomic mass is 10.2. The first-order chi connectivity index (χ1) is 11.0. The second-order valence-electron chi connectivity index (χ2n) is 4.95. The van der Waals surface area contributed by atoms with E-state index in [-0.39, 0.29) is 11.8 Å². The van der Waals surface area contributed by atoms with Crippen LogP contribution in [0.15, 0.2) is 42.5 Å². The van der Waals surface area contributed by atoms with Crippen molar-refractivity contribution < 1.29 is 9.59 Å². The molecule has 0 atom stereocenters. The minimum atomic E-state index is -0.286. The van der Waals surface area contributed by atoms with Gasteiger partial charge in [-0.2, -0.15) is 0 Å². The van der Waals surface area contributed by atoms with Crippen molar-refractivity contribution in [1.82, 2.24) is 0 Å². The van der Waals surface area contributed by atoms with Crippen molar-refractivity contribution >= 4 is 46.4 Å². The maximum Gasteiger partial charge on any atom is 0.255 e. The molecule has 0 heterocycles. The van der Waals surface area contributed by atoms with Crippen LogP contribution in [0.3, 0.4) is 0 Å². The highest BCUT2D eigenvalue weighted by atomic mass is 35.5. The van der Waals surface area contributed by atoms with Crippen molar-refractivity contribution in [2.24, 2.45) is 0 Å². The van der Waals surface area contributed by atoms with Gasteiger partial charge in [0.15, 0.2) is 0 Å². The maximum absolute atomic E-state index is 12.1. The molecule has 0 aliphatic rings. The van der Waals surface area contributed by atoms with Crippen molar-refractivity contribution in [2.45, 2.75) is 19.8 Å². The zero-order chi connectivity index (χ0) is 16.8. The maximum atomic E-state index is 12.1. The van der Waals surface area contributed by atoms with Gasteiger partial charge in [-0.3, -0.25) is 9.59 Å². The monoisotopic (exact) mass is 350 g/mol. The summed E-state index contributed by atoms with van der Waals surface area (Å²) in [6.45, 7) is 1.93. The van der Waals surface area contributed by atoms with Gasteiger partial charge in [-0.25, -0.2) is 0 Å². The Morgan fingerprint density at radius 2 is 1.70 bits per heavy atom. The average molecular weight is 351 g/mol. The van der Waals surface area contributed by atoms with Gasteiger partial charge in [0.25, 0.3) is 5.91 Å². The predicted octanol–water partition coefficient (Wildman–Crippen LogP) is 4.98. The molecule has 0 saturated carbocycles. The highest BCUT2D eigenvalue weighted by molar-refractivity contribution is 6.34. The van der Waals surface area contributed by atoms with E-state index < -0.39 is 0 Å². The fourth-order valence-corrected chi connectivity index (χ4v) is 2.29. The van der Waals surface area contributed by atoms with E-state index in [9.17, 15) is 9.59 Å². The highest BCUT2D eigenvalue weighted by Crippen LogP contribution is 2.26. The van der Waals surface area contributed by atoms with Crippen LogP contribution >= 0.6 is 23.2 Å². The summed E-state index contributed by atoms with van der Waals surface area (Å²) in [6.07, 6.45) is 1.22. The molecule has 0 unspecified atom stereocenters. The molecule has 2 rings (SSSR count). The number of rotatable bonds is 5. The van der Waals surface area contributed by atoms with Gasteiger partial charge in [-0.1, -0.05) is 30.1 Å². The lowest BCUT2D eigenvalue weighted by Gasteiger charge is -2.10. The van der Waals surface area contributed by atoms with E-state index in [0.717, 1.165) is 6.42 Å². The minimum Gasteiger partial charge on any atom is -0.326 e. The van der Waals surface area contributed by atoms with Crippen molar-refractivity contribution in [3.63, 3.8) is 0 Å². The summed E-state index contributed by atoms with van der Waals surface area (Å²) in [4.78, 5) is 23.7. The third kappa shape index (κ3) is 4.98. The Morgan fingerprint density at radius 3 is 2.30 bits per heavy atom. The molecular formula is C17H16Cl2N2O2. The molecule has 2 aromatic carbocycles. The lowest BCUT2D eigenvalue weighted by Crippen LogP contribution is -2.13. The number of carbonyl (C=O) groups excluding carboxylic acids is 2. The number of hydrogen-bond acceptors (Lipinski definition) is 2. The molecule has 23 heavy (non-hydrogen) atoms. The van der Waals surface area contributed by atoms with E-state index in [1.54, 1.807) is 42.5 Å². The van der Waals surface area contributed by atoms with Crippen LogP contribution in [-0.4, -0.2) is 11.8 Å². The number of hydrogen-bond donors (Lipinski definition) is 2. The quantitative estimate of drug-likeness (QED) is 0.798. The van der Waals surface area contributed by atoms with Crippen LogP contribution in [0.5, 0.6) is 0 Å². The lowest BCUT2D eigenvalue weighted by molar-refractivity contribution is -0.116. The smallest absolute Gasteiger partial charge is 0.255 e. The number of nitrogens with one attached hydrogen (secondary N) is 2. The Balaban J connectivity index is 2.07. The van der Waals surface area contributed by atoms with Crippen LogP contribution in [0.1, 0.15) is 30.1 Å². The first kappa shape index (κ1) is 17.3. The zero-order valence-electron chi connectivity index (χ0n) is 12.5. The summed E-state index contributed by atoms with van der Waals surface area (Å²) in [6, 6.07) is 11.5. The van der Waals surface area contributed by atoms with Crippen molar-refractivity contribution in [1.29, 1.82) is 0 Å². The third-order valence-corrected chi connectivity index (χ3v) is 3.65. The van der Waals surface area contributed by atoms with Gasteiger partial charge in [0.1, 0.15) is 0 Å². The van der Waals surface area contributed by atoms with E-state index >= 15 is 0 Å². The van der Waals surface area contributed by atoms with E-state index in [0.29, 0.717) is 33.4 Å². The largest absolute Gasteiger partial charge is 0.326 e. The normalized spacial score (nSPS) is 10.2. The van der Waals surface area contributed by atoms with Gasteiger partial charge in [0.05, 0.1) is 10.7 Å². The molecule has 2 aromatic rings. The van der Waals surface area contributed by atoms with Gasteiger partial charge in [0, 0.05) is 22.7 Å². The molecule has 0 spiro atoms. The molecule has 0 saturated heterocycles. The number of amides is 2. The standard InChI is InChI=1S/C17H16Cl2N2O2/c1-2-3-16(22)20-13-8-9-15(14(19)10-13)21-17(23)11-4-6-12(18)7-5-11/h4-10H,2-3H2,1H3,(H,20,22)(H,21,23). The van der Waals surface area contributed by atoms with Crippen molar-refractivity contribution in [3.8, 4) is 0 Å². The van der Waals surface area contributed by atoms with Crippen LogP contribution in [0.2, 0.25) is 10.0 Å². The molecule has 0 radical (unpaired) electrons. The molecule has 0 fully saturated rings. The Morgan fingerprint density at radius 1 is 1.00 bits per heavy atom. The first-order valence-electron chi connectivity index (χ1n) is 7.16. The molecule has 0 aliphatic heterocycles. The summed E-state index contributed by atoms with van der Waals surface area (Å²) < 4.78 is 0. The summed E-state index contributed by atoms with van der Waals surface area (Å²) in [7, 11) is 0. The number of anilines is 2. The number of carbonyl (C=O) groups is 2. The minimum absolute atomic E-state index is 0.0680. The second kappa shape index (κ2) is 7.99. The molecule has 4 nitrogen and oxygen atoms in total. The van der Waals surface area contributed by atoms with Gasteiger partial charge >= 0.3 is 0 Å². The van der Waals surface area contributed by atoms with Crippen LogP contribution in [-0.2, 0) is 4.79 Å². The second-order valence-corrected chi connectivity index (χ2v) is 5.80. The predicted molar refractivity (Wildman–Crippen MR) is 94.4 cm³/mol. The van der Waals surface area contributed by atoms with Gasteiger partial charge < -0.3 is 10.6 Å². The Kier molecular flexibility index (Phi) is 6.02. The SMILES string of the molecule is CCCC(=O)Nc1ccc(NC(=O)c2ccc(Cl)cc2)c(Cl)c1. The molecule has 2 amide bonds. The number of benzene rings is 2. The van der Waals surface area contributed by atoms with E-state index in [1.807, 2.05) is 6.92 Å². The fraction of sp³-hybridized carbons (Fsp3) is 0.176. The summed E-state index contributed by atoms with van der Waals surface area (Å²) in [5, 5.41) is 6.39. The van der Waals surface area contributed by atoms with Crippen LogP contribution in [0.25, 0.3) is 0 Å². The van der Waals surface area contributed by atoms with Crippen molar-refractivity contribution in [2.75, 3.05) is 10.6 Å². The third-order valence-electron chi connectivity index (χ3n) is 3.08. The van der Waals surface area contributed by atoms with E-state index in [2.05, 4.69) is 10.6 Å². The van der Waals surface area contributed by atoms with Crippen molar-refractivity contribution in [3.05, 3.63) is 58.1 Å². The van der Waals surface area contributed by atoms with Crippen LogP contribution < -0.4 is 10.6 Å². The molecule has 120 valence electrons. The Bertz CT molecular complexity index is 715. The zero-order valence-corrected chi connectivity index (χ0v) is 14.0. The highest BCUT2D eigenvalue weighted by Gasteiger charge is 2.10. The molecule has 6 heteroatoms. The Labute approximate surface area is 144 Å². The fourth-order valence-electron chi connectivity index (χ4n) is 1.94.